The standard InChI is InChI=1S/C35H36N4O3S/c1-22-26-21-24(13-15-28(26)39(25-8-4-3-5-9-25)32(22)30-10-6-19-43-30)33(42)37-35(17-7-18-35)34-36-27-14-11-23(12-16-31(40)41)20-29(27)38(34)2/h6,10-16,19-21,25H,3-5,7-9,17-18H2,1-2H3,(H,37,42)(H,40,41). The number of aliphatic carboxylic acids is 1. The molecule has 220 valence electrons. The second-order valence-electron chi connectivity index (χ2n) is 12.1. The van der Waals surface area contributed by atoms with Crippen molar-refractivity contribution >= 4 is 51.2 Å². The fourth-order valence-corrected chi connectivity index (χ4v) is 8.01. The van der Waals surface area contributed by atoms with Gasteiger partial charge in [-0.1, -0.05) is 31.4 Å². The van der Waals surface area contributed by atoms with Crippen LogP contribution in [0.3, 0.4) is 0 Å². The summed E-state index contributed by atoms with van der Waals surface area (Å²) in [5, 5.41) is 15.7. The highest BCUT2D eigenvalue weighted by molar-refractivity contribution is 7.13. The van der Waals surface area contributed by atoms with E-state index >= 15 is 0 Å². The Kier molecular flexibility index (Phi) is 6.96. The first kappa shape index (κ1) is 27.7. The van der Waals surface area contributed by atoms with E-state index in [0.29, 0.717) is 11.6 Å². The van der Waals surface area contributed by atoms with E-state index in [1.54, 1.807) is 17.4 Å². The molecule has 2 saturated carbocycles. The highest BCUT2D eigenvalue weighted by atomic mass is 32.1. The van der Waals surface area contributed by atoms with Gasteiger partial charge in [0.1, 0.15) is 5.82 Å². The zero-order valence-electron chi connectivity index (χ0n) is 24.6. The minimum atomic E-state index is -0.983. The van der Waals surface area contributed by atoms with Crippen molar-refractivity contribution in [2.24, 2.45) is 7.05 Å². The Hall–Kier alpha value is -4.17. The van der Waals surface area contributed by atoms with Crippen molar-refractivity contribution in [2.75, 3.05) is 0 Å². The Morgan fingerprint density at radius 3 is 2.56 bits per heavy atom. The molecular formula is C35H36N4O3S. The number of thiophene rings is 1. The van der Waals surface area contributed by atoms with E-state index in [1.165, 1.54) is 53.8 Å². The molecule has 0 aliphatic heterocycles. The lowest BCUT2D eigenvalue weighted by molar-refractivity contribution is -0.131. The summed E-state index contributed by atoms with van der Waals surface area (Å²) in [6, 6.07) is 16.7. The highest BCUT2D eigenvalue weighted by Crippen LogP contribution is 2.44. The van der Waals surface area contributed by atoms with E-state index in [0.717, 1.165) is 53.1 Å². The fourth-order valence-electron chi connectivity index (χ4n) is 7.18. The molecule has 3 heterocycles. The Labute approximate surface area is 254 Å². The van der Waals surface area contributed by atoms with Crippen LogP contribution in [0.2, 0.25) is 0 Å². The van der Waals surface area contributed by atoms with Gasteiger partial charge in [0.05, 0.1) is 27.1 Å². The number of carbonyl (C=O) groups excluding carboxylic acids is 1. The molecule has 43 heavy (non-hydrogen) atoms. The molecule has 2 fully saturated rings. The largest absolute Gasteiger partial charge is 0.478 e. The maximum absolute atomic E-state index is 13.9. The molecule has 3 aromatic heterocycles. The maximum atomic E-state index is 13.9. The number of hydrogen-bond donors (Lipinski definition) is 2. The number of aryl methyl sites for hydroxylation is 2. The minimum absolute atomic E-state index is 0.0822. The molecule has 1 amide bonds. The number of hydrogen-bond acceptors (Lipinski definition) is 4. The third-order valence-corrected chi connectivity index (χ3v) is 10.4. The van der Waals surface area contributed by atoms with E-state index in [-0.39, 0.29) is 5.91 Å². The van der Waals surface area contributed by atoms with E-state index in [2.05, 4.69) is 46.5 Å². The zero-order chi connectivity index (χ0) is 29.7. The summed E-state index contributed by atoms with van der Waals surface area (Å²) in [5.41, 5.74) is 6.40. The van der Waals surface area contributed by atoms with Crippen LogP contribution in [0.15, 0.2) is 60.0 Å². The SMILES string of the molecule is Cc1c(-c2cccs2)n(C2CCCCC2)c2ccc(C(=O)NC3(c4nc5ccc(C=CC(=O)O)cc5n4C)CCC3)cc12. The predicted molar refractivity (Wildman–Crippen MR) is 172 cm³/mol. The van der Waals surface area contributed by atoms with Crippen LogP contribution < -0.4 is 5.32 Å². The van der Waals surface area contributed by atoms with Gasteiger partial charge in [0.25, 0.3) is 5.91 Å². The molecule has 2 aromatic carbocycles. The first-order chi connectivity index (χ1) is 20.8. The summed E-state index contributed by atoms with van der Waals surface area (Å²) >= 11 is 1.78. The summed E-state index contributed by atoms with van der Waals surface area (Å²) in [5.74, 6) is -0.230. The van der Waals surface area contributed by atoms with Gasteiger partial charge in [0, 0.05) is 35.6 Å². The van der Waals surface area contributed by atoms with Crippen molar-refractivity contribution in [3.05, 3.63) is 82.5 Å². The molecule has 2 aliphatic rings. The average Bonchev–Trinajstić information content (AvgIpc) is 3.71. The minimum Gasteiger partial charge on any atom is -0.478 e. The molecule has 0 saturated heterocycles. The number of imidazole rings is 1. The van der Waals surface area contributed by atoms with Crippen LogP contribution in [0.1, 0.15) is 84.7 Å². The zero-order valence-corrected chi connectivity index (χ0v) is 25.4. The van der Waals surface area contributed by atoms with Crippen molar-refractivity contribution in [2.45, 2.75) is 69.9 Å². The number of rotatable bonds is 7. The number of nitrogens with one attached hydrogen (secondary N) is 1. The molecule has 5 aromatic rings. The number of nitrogens with zero attached hydrogens (tertiary/aromatic N) is 3. The molecule has 0 unspecified atom stereocenters. The normalized spacial score (nSPS) is 17.1. The van der Waals surface area contributed by atoms with Gasteiger partial charge in [0.15, 0.2) is 0 Å². The number of fused-ring (bicyclic) bond motifs is 2. The third kappa shape index (κ3) is 4.78. The molecule has 0 radical (unpaired) electrons. The highest BCUT2D eigenvalue weighted by Gasteiger charge is 2.44. The van der Waals surface area contributed by atoms with Gasteiger partial charge in [-0.3, -0.25) is 4.79 Å². The van der Waals surface area contributed by atoms with Crippen LogP contribution in [0, 0.1) is 6.92 Å². The smallest absolute Gasteiger partial charge is 0.328 e. The average molecular weight is 593 g/mol. The van der Waals surface area contributed by atoms with Gasteiger partial charge in [-0.05, 0) is 98.0 Å². The lowest BCUT2D eigenvalue weighted by Crippen LogP contribution is -2.52. The monoisotopic (exact) mass is 592 g/mol. The Morgan fingerprint density at radius 1 is 1.05 bits per heavy atom. The second-order valence-corrected chi connectivity index (χ2v) is 13.1. The molecule has 0 atom stereocenters. The second kappa shape index (κ2) is 10.8. The summed E-state index contributed by atoms with van der Waals surface area (Å²) in [7, 11) is 1.97. The fraction of sp³-hybridized carbons (Fsp3) is 0.343. The van der Waals surface area contributed by atoms with E-state index in [1.807, 2.05) is 35.9 Å². The molecule has 0 spiro atoms. The molecule has 8 heteroatoms. The van der Waals surface area contributed by atoms with Gasteiger partial charge >= 0.3 is 5.97 Å². The van der Waals surface area contributed by atoms with E-state index < -0.39 is 11.5 Å². The third-order valence-electron chi connectivity index (χ3n) is 9.52. The number of amides is 1. The number of aromatic nitrogens is 3. The lowest BCUT2D eigenvalue weighted by Gasteiger charge is -2.41. The number of benzene rings is 2. The predicted octanol–water partition coefficient (Wildman–Crippen LogP) is 7.98. The quantitative estimate of drug-likeness (QED) is 0.188. The maximum Gasteiger partial charge on any atom is 0.328 e. The molecule has 2 aliphatic carbocycles. The summed E-state index contributed by atoms with van der Waals surface area (Å²) in [4.78, 5) is 31.1. The Morgan fingerprint density at radius 2 is 1.86 bits per heavy atom. The van der Waals surface area contributed by atoms with Crippen molar-refractivity contribution < 1.29 is 14.7 Å². The first-order valence-electron chi connectivity index (χ1n) is 15.2. The van der Waals surface area contributed by atoms with Crippen molar-refractivity contribution in [1.82, 2.24) is 19.4 Å². The van der Waals surface area contributed by atoms with Crippen molar-refractivity contribution in [1.29, 1.82) is 0 Å². The van der Waals surface area contributed by atoms with Crippen LogP contribution in [-0.2, 0) is 17.4 Å². The van der Waals surface area contributed by atoms with Crippen LogP contribution in [0.4, 0.5) is 0 Å². The Balaban J connectivity index is 1.24. The van der Waals surface area contributed by atoms with Crippen LogP contribution >= 0.6 is 11.3 Å². The molecule has 7 rings (SSSR count). The lowest BCUT2D eigenvalue weighted by atomic mass is 9.75. The van der Waals surface area contributed by atoms with Crippen LogP contribution in [-0.4, -0.2) is 31.1 Å². The number of carbonyl (C=O) groups is 2. The topological polar surface area (TPSA) is 89.2 Å². The summed E-state index contributed by atoms with van der Waals surface area (Å²) in [6.45, 7) is 2.20. The van der Waals surface area contributed by atoms with Crippen LogP contribution in [0.5, 0.6) is 0 Å². The Bertz CT molecular complexity index is 1890. The first-order valence-corrected chi connectivity index (χ1v) is 16.1. The number of carboxylic acid groups (broad SMARTS) is 1. The van der Waals surface area contributed by atoms with E-state index in [9.17, 15) is 9.59 Å². The summed E-state index contributed by atoms with van der Waals surface area (Å²) < 4.78 is 4.60. The van der Waals surface area contributed by atoms with Crippen molar-refractivity contribution in [3.8, 4) is 10.6 Å². The van der Waals surface area contributed by atoms with Gasteiger partial charge in [-0.25, -0.2) is 9.78 Å². The van der Waals surface area contributed by atoms with Gasteiger partial charge < -0.3 is 19.6 Å². The van der Waals surface area contributed by atoms with Gasteiger partial charge in [-0.15, -0.1) is 11.3 Å². The molecule has 0 bridgehead atoms. The van der Waals surface area contributed by atoms with Crippen molar-refractivity contribution in [3.63, 3.8) is 0 Å². The van der Waals surface area contributed by atoms with Gasteiger partial charge in [-0.2, -0.15) is 0 Å². The van der Waals surface area contributed by atoms with E-state index in [4.69, 9.17) is 10.1 Å². The molecule has 7 nitrogen and oxygen atoms in total. The molecule has 2 N–H and O–H groups in total. The summed E-state index contributed by atoms with van der Waals surface area (Å²) in [6.07, 6.45) is 11.6. The van der Waals surface area contributed by atoms with Crippen LogP contribution in [0.25, 0.3) is 38.6 Å². The van der Waals surface area contributed by atoms with Gasteiger partial charge in [0.2, 0.25) is 0 Å². The molecular weight excluding hydrogens is 556 g/mol. The number of carboxylic acids is 1.